The fourth-order valence-corrected chi connectivity index (χ4v) is 6.43. The Morgan fingerprint density at radius 3 is 1.55 bits per heavy atom. The molecule has 2 saturated carbocycles. The van der Waals surface area contributed by atoms with E-state index in [-0.39, 0.29) is 23.9 Å². The predicted molar refractivity (Wildman–Crippen MR) is 151 cm³/mol. The Morgan fingerprint density at radius 2 is 1.12 bits per heavy atom. The van der Waals surface area contributed by atoms with E-state index in [1.54, 1.807) is 0 Å². The van der Waals surface area contributed by atoms with Crippen LogP contribution in [0.2, 0.25) is 0 Å². The summed E-state index contributed by atoms with van der Waals surface area (Å²) in [5.74, 6) is 9.41. The summed E-state index contributed by atoms with van der Waals surface area (Å²) in [6, 6.07) is 12.2. The van der Waals surface area contributed by atoms with Crippen LogP contribution in [0.15, 0.2) is 36.4 Å². The van der Waals surface area contributed by atoms with Crippen molar-refractivity contribution >= 4 is 33.9 Å². The molecule has 4 aromatic rings. The molecule has 4 fully saturated rings. The zero-order chi connectivity index (χ0) is 26.8. The normalized spacial score (nSPS) is 22.7. The summed E-state index contributed by atoms with van der Waals surface area (Å²) in [6.45, 7) is 1.65. The van der Waals surface area contributed by atoms with Gasteiger partial charge in [0, 0.05) is 36.1 Å². The van der Waals surface area contributed by atoms with Gasteiger partial charge in [0.1, 0.15) is 11.6 Å². The Hall–Kier alpha value is -4.12. The molecule has 4 aliphatic rings. The van der Waals surface area contributed by atoms with E-state index in [1.165, 1.54) is 0 Å². The molecule has 40 heavy (non-hydrogen) atoms. The van der Waals surface area contributed by atoms with Crippen LogP contribution in [0.25, 0.3) is 22.1 Å². The molecular formula is C32H32N6O2. The maximum atomic E-state index is 12.7. The number of aromatic amines is 2. The van der Waals surface area contributed by atoms with Gasteiger partial charge in [0.2, 0.25) is 11.8 Å². The quantitative estimate of drug-likeness (QED) is 0.362. The van der Waals surface area contributed by atoms with E-state index in [2.05, 4.69) is 21.8 Å². The van der Waals surface area contributed by atoms with E-state index in [0.717, 1.165) is 109 Å². The lowest BCUT2D eigenvalue weighted by Crippen LogP contribution is -2.32. The Bertz CT molecular complexity index is 1590. The van der Waals surface area contributed by atoms with Crippen molar-refractivity contribution in [2.24, 2.45) is 11.8 Å². The minimum absolute atomic E-state index is 0.0456. The van der Waals surface area contributed by atoms with Gasteiger partial charge in [-0.3, -0.25) is 9.59 Å². The van der Waals surface area contributed by atoms with Gasteiger partial charge in [-0.1, -0.05) is 11.8 Å². The van der Waals surface area contributed by atoms with E-state index in [0.29, 0.717) is 11.8 Å². The number of amides is 2. The van der Waals surface area contributed by atoms with Crippen molar-refractivity contribution in [2.45, 2.75) is 63.5 Å². The van der Waals surface area contributed by atoms with Crippen LogP contribution in [0.3, 0.4) is 0 Å². The highest BCUT2D eigenvalue weighted by molar-refractivity contribution is 5.83. The molecule has 2 N–H and O–H groups in total. The minimum Gasteiger partial charge on any atom is -0.340 e. The summed E-state index contributed by atoms with van der Waals surface area (Å²) in [5, 5.41) is 0. The number of aromatic nitrogens is 4. The summed E-state index contributed by atoms with van der Waals surface area (Å²) < 4.78 is 0. The van der Waals surface area contributed by atoms with Crippen molar-refractivity contribution in [3.8, 4) is 11.8 Å². The van der Waals surface area contributed by atoms with Gasteiger partial charge >= 0.3 is 0 Å². The number of hydrogen-bond donors (Lipinski definition) is 2. The number of nitrogens with one attached hydrogen (secondary N) is 2. The second kappa shape index (κ2) is 9.22. The fraction of sp³-hybridized carbons (Fsp3) is 0.438. The first-order valence-corrected chi connectivity index (χ1v) is 14.7. The lowest BCUT2D eigenvalue weighted by Gasteiger charge is -2.23. The smallest absolute Gasteiger partial charge is 0.226 e. The summed E-state index contributed by atoms with van der Waals surface area (Å²) in [7, 11) is 0. The second-order valence-corrected chi connectivity index (χ2v) is 11.9. The number of rotatable bonds is 4. The number of carbonyl (C=O) groups excluding carboxylic acids is 2. The third kappa shape index (κ3) is 4.25. The Labute approximate surface area is 232 Å². The van der Waals surface area contributed by atoms with Crippen LogP contribution in [-0.2, 0) is 9.59 Å². The summed E-state index contributed by atoms with van der Waals surface area (Å²) in [6.07, 6.45) is 8.07. The van der Waals surface area contributed by atoms with Crippen molar-refractivity contribution in [3.63, 3.8) is 0 Å². The molecule has 0 unspecified atom stereocenters. The molecule has 4 heterocycles. The van der Waals surface area contributed by atoms with E-state index >= 15 is 0 Å². The molecule has 8 rings (SSSR count). The topological polar surface area (TPSA) is 98.0 Å². The van der Waals surface area contributed by atoms with Crippen LogP contribution >= 0.6 is 0 Å². The molecule has 8 nitrogen and oxygen atoms in total. The summed E-state index contributed by atoms with van der Waals surface area (Å²) in [4.78, 5) is 46.2. The Balaban J connectivity index is 1.02. The first kappa shape index (κ1) is 23.7. The molecule has 8 heteroatoms. The third-order valence-corrected chi connectivity index (χ3v) is 8.91. The lowest BCUT2D eigenvalue weighted by molar-refractivity contribution is -0.134. The van der Waals surface area contributed by atoms with Gasteiger partial charge in [-0.25, -0.2) is 9.97 Å². The number of H-pyrrole nitrogens is 2. The number of hydrogen-bond acceptors (Lipinski definition) is 4. The van der Waals surface area contributed by atoms with Crippen LogP contribution < -0.4 is 0 Å². The second-order valence-electron chi connectivity index (χ2n) is 11.9. The van der Waals surface area contributed by atoms with Gasteiger partial charge in [0.25, 0.3) is 0 Å². The molecular weight excluding hydrogens is 500 g/mol. The largest absolute Gasteiger partial charge is 0.340 e. The molecule has 0 bridgehead atoms. The minimum atomic E-state index is 0.0456. The van der Waals surface area contributed by atoms with Gasteiger partial charge in [0.05, 0.1) is 34.2 Å². The molecule has 2 aromatic carbocycles. The SMILES string of the molecule is O=C(C1CC1)N1CCC[C@H]1c1nc2ccc(C#Cc3ccc4nc([C@@H]5CCCN5C(=O)C5CC5)[nH]c4c3)cc2[nH]1. The van der Waals surface area contributed by atoms with Crippen LogP contribution in [0, 0.1) is 23.7 Å². The van der Waals surface area contributed by atoms with Gasteiger partial charge in [0.15, 0.2) is 0 Å². The summed E-state index contributed by atoms with van der Waals surface area (Å²) in [5.41, 5.74) is 5.51. The van der Waals surface area contributed by atoms with Crippen molar-refractivity contribution < 1.29 is 9.59 Å². The molecule has 0 radical (unpaired) electrons. The van der Waals surface area contributed by atoms with Gasteiger partial charge in [-0.2, -0.15) is 0 Å². The van der Waals surface area contributed by atoms with Crippen molar-refractivity contribution in [1.29, 1.82) is 0 Å². The van der Waals surface area contributed by atoms with Crippen LogP contribution in [0.1, 0.15) is 86.2 Å². The van der Waals surface area contributed by atoms with E-state index < -0.39 is 0 Å². The fourth-order valence-electron chi connectivity index (χ4n) is 6.43. The predicted octanol–water partition coefficient (Wildman–Crippen LogP) is 4.99. The molecule has 2 aliphatic carbocycles. The number of benzene rings is 2. The molecule has 2 amide bonds. The highest BCUT2D eigenvalue weighted by atomic mass is 16.2. The lowest BCUT2D eigenvalue weighted by atomic mass is 10.1. The van der Waals surface area contributed by atoms with Crippen molar-refractivity contribution in [3.05, 3.63) is 59.2 Å². The highest BCUT2D eigenvalue weighted by Gasteiger charge is 2.41. The molecule has 0 spiro atoms. The van der Waals surface area contributed by atoms with Gasteiger partial charge < -0.3 is 19.8 Å². The number of likely N-dealkylation sites (tertiary alicyclic amines) is 2. The average molecular weight is 533 g/mol. The van der Waals surface area contributed by atoms with Crippen LogP contribution in [-0.4, -0.2) is 54.6 Å². The number of carbonyl (C=O) groups is 2. The van der Waals surface area contributed by atoms with E-state index in [4.69, 9.17) is 9.97 Å². The van der Waals surface area contributed by atoms with Gasteiger partial charge in [-0.05, 0) is 87.8 Å². The Kier molecular flexibility index (Phi) is 5.48. The van der Waals surface area contributed by atoms with Crippen molar-refractivity contribution in [2.75, 3.05) is 13.1 Å². The molecule has 2 aromatic heterocycles. The summed E-state index contributed by atoms with van der Waals surface area (Å²) >= 11 is 0. The average Bonchev–Trinajstić information content (AvgIpc) is 3.77. The maximum absolute atomic E-state index is 12.7. The molecule has 2 aliphatic heterocycles. The molecule has 202 valence electrons. The third-order valence-electron chi connectivity index (χ3n) is 8.91. The monoisotopic (exact) mass is 532 g/mol. The maximum Gasteiger partial charge on any atom is 0.226 e. The van der Waals surface area contributed by atoms with Crippen molar-refractivity contribution in [1.82, 2.24) is 29.7 Å². The van der Waals surface area contributed by atoms with Crippen LogP contribution in [0.4, 0.5) is 0 Å². The molecule has 2 atom stereocenters. The van der Waals surface area contributed by atoms with E-state index in [9.17, 15) is 9.59 Å². The zero-order valence-electron chi connectivity index (χ0n) is 22.4. The standard InChI is InChI=1S/C32H32N6O2/c39-31(21-9-10-21)37-15-1-3-27(37)29-33-23-13-7-19(17-25(23)35-29)5-6-20-8-14-24-26(18-20)36-30(34-24)28-4-2-16-38(28)32(40)22-11-12-22/h7-8,13-14,17-18,21-22,27-28H,1-4,9-12,15-16H2,(H,33,35)(H,34,36)/t27-,28-/m0/s1. The van der Waals surface area contributed by atoms with Crippen LogP contribution in [0.5, 0.6) is 0 Å². The highest BCUT2D eigenvalue weighted by Crippen LogP contribution is 2.39. The van der Waals surface area contributed by atoms with Gasteiger partial charge in [-0.15, -0.1) is 0 Å². The first-order valence-electron chi connectivity index (χ1n) is 14.7. The molecule has 2 saturated heterocycles. The zero-order valence-corrected chi connectivity index (χ0v) is 22.4. The van der Waals surface area contributed by atoms with E-state index in [1.807, 2.05) is 46.2 Å². The number of nitrogens with zero attached hydrogens (tertiary/aromatic N) is 4. The first-order chi connectivity index (χ1) is 19.6. The Morgan fingerprint density at radius 1 is 0.675 bits per heavy atom. The number of imidazole rings is 2. The number of fused-ring (bicyclic) bond motifs is 2.